The predicted molar refractivity (Wildman–Crippen MR) is 81.3 cm³/mol. The second-order valence-corrected chi connectivity index (χ2v) is 5.22. The highest BCUT2D eigenvalue weighted by Gasteiger charge is 2.17. The summed E-state index contributed by atoms with van der Waals surface area (Å²) in [5.74, 6) is -0.842. The maximum absolute atomic E-state index is 11.6. The third-order valence-electron chi connectivity index (χ3n) is 2.69. The van der Waals surface area contributed by atoms with Crippen LogP contribution in [0.25, 0.3) is 6.08 Å². The zero-order valence-electron chi connectivity index (χ0n) is 12.7. The van der Waals surface area contributed by atoms with Crippen molar-refractivity contribution in [2.24, 2.45) is 11.7 Å². The maximum Gasteiger partial charge on any atom is 0.245 e. The van der Waals surface area contributed by atoms with Gasteiger partial charge in [0.25, 0.3) is 0 Å². The van der Waals surface area contributed by atoms with Crippen molar-refractivity contribution in [1.29, 1.82) is 0 Å². The van der Waals surface area contributed by atoms with Crippen LogP contribution in [0.4, 0.5) is 0 Å². The monoisotopic (exact) mass is 307 g/mol. The molecule has 3 amide bonds. The van der Waals surface area contributed by atoms with Crippen molar-refractivity contribution in [1.82, 2.24) is 10.6 Å². The zero-order valence-corrected chi connectivity index (χ0v) is 12.7. The lowest BCUT2D eigenvalue weighted by atomic mass is 10.0. The van der Waals surface area contributed by atoms with E-state index >= 15 is 0 Å². The van der Waals surface area contributed by atoms with Crippen LogP contribution in [0.1, 0.15) is 26.0 Å². The number of carbonyl (C=O) groups is 3. The minimum Gasteiger partial charge on any atom is -0.465 e. The van der Waals surface area contributed by atoms with E-state index in [2.05, 4.69) is 10.6 Å². The van der Waals surface area contributed by atoms with E-state index in [-0.39, 0.29) is 12.5 Å². The second-order valence-electron chi connectivity index (χ2n) is 5.22. The highest BCUT2D eigenvalue weighted by molar-refractivity contribution is 6.00. The number of amides is 3. The van der Waals surface area contributed by atoms with Crippen molar-refractivity contribution < 1.29 is 18.8 Å². The van der Waals surface area contributed by atoms with E-state index in [0.29, 0.717) is 12.2 Å². The van der Waals surface area contributed by atoms with Gasteiger partial charge in [-0.15, -0.1) is 0 Å². The molecule has 0 saturated heterocycles. The number of furan rings is 1. The zero-order chi connectivity index (χ0) is 16.5. The van der Waals surface area contributed by atoms with Crippen molar-refractivity contribution in [3.05, 3.63) is 30.2 Å². The molecule has 1 aromatic heterocycles. The third-order valence-corrected chi connectivity index (χ3v) is 2.69. The summed E-state index contributed by atoms with van der Waals surface area (Å²) in [6.45, 7) is 3.56. The first-order valence-corrected chi connectivity index (χ1v) is 6.97. The SMILES string of the molecule is CC(C)C[C@H](N)C(=O)NC(=O)CNC(=O)C=Cc1ccco1. The van der Waals surface area contributed by atoms with Gasteiger partial charge in [-0.05, 0) is 30.5 Å². The van der Waals surface area contributed by atoms with E-state index in [1.54, 1.807) is 12.1 Å². The van der Waals surface area contributed by atoms with Crippen LogP contribution in [-0.4, -0.2) is 30.3 Å². The molecule has 0 fully saturated rings. The molecule has 0 spiro atoms. The number of rotatable bonds is 7. The number of imide groups is 1. The maximum atomic E-state index is 11.6. The minimum atomic E-state index is -0.738. The van der Waals surface area contributed by atoms with Crippen LogP contribution in [0, 0.1) is 5.92 Å². The molecular weight excluding hydrogens is 286 g/mol. The summed E-state index contributed by atoms with van der Waals surface area (Å²) in [5, 5.41) is 4.51. The molecule has 4 N–H and O–H groups in total. The van der Waals surface area contributed by atoms with Crippen molar-refractivity contribution in [2.45, 2.75) is 26.3 Å². The van der Waals surface area contributed by atoms with E-state index in [9.17, 15) is 14.4 Å². The minimum absolute atomic E-state index is 0.252. The summed E-state index contributed by atoms with van der Waals surface area (Å²) in [5.41, 5.74) is 5.65. The molecule has 0 radical (unpaired) electrons. The number of hydrogen-bond acceptors (Lipinski definition) is 5. The van der Waals surface area contributed by atoms with Crippen LogP contribution in [0.2, 0.25) is 0 Å². The van der Waals surface area contributed by atoms with Gasteiger partial charge in [0.05, 0.1) is 18.8 Å². The molecule has 1 aromatic rings. The lowest BCUT2D eigenvalue weighted by Crippen LogP contribution is -2.47. The lowest BCUT2D eigenvalue weighted by Gasteiger charge is -2.13. The van der Waals surface area contributed by atoms with Gasteiger partial charge in [0.2, 0.25) is 17.7 Å². The molecule has 0 aliphatic rings. The van der Waals surface area contributed by atoms with E-state index in [1.807, 2.05) is 13.8 Å². The molecule has 0 aliphatic carbocycles. The van der Waals surface area contributed by atoms with Crippen LogP contribution in [0.15, 0.2) is 28.9 Å². The second kappa shape index (κ2) is 8.78. The molecular formula is C15H21N3O4. The van der Waals surface area contributed by atoms with E-state index in [0.717, 1.165) is 0 Å². The van der Waals surface area contributed by atoms with E-state index in [1.165, 1.54) is 18.4 Å². The first-order valence-electron chi connectivity index (χ1n) is 6.97. The Bertz CT molecular complexity index is 535. The Balaban J connectivity index is 2.30. The Morgan fingerprint density at radius 3 is 2.68 bits per heavy atom. The first kappa shape index (κ1) is 17.6. The molecule has 1 heterocycles. The van der Waals surface area contributed by atoms with E-state index in [4.69, 9.17) is 10.2 Å². The van der Waals surface area contributed by atoms with Gasteiger partial charge in [-0.1, -0.05) is 13.8 Å². The average Bonchev–Trinajstić information content (AvgIpc) is 2.95. The van der Waals surface area contributed by atoms with Gasteiger partial charge >= 0.3 is 0 Å². The molecule has 1 rings (SSSR count). The third kappa shape index (κ3) is 6.85. The Morgan fingerprint density at radius 1 is 1.36 bits per heavy atom. The van der Waals surface area contributed by atoms with Gasteiger partial charge in [0.15, 0.2) is 0 Å². The summed E-state index contributed by atoms with van der Waals surface area (Å²) in [6.07, 6.45) is 4.67. The van der Waals surface area contributed by atoms with Crippen LogP contribution in [-0.2, 0) is 14.4 Å². The molecule has 0 aromatic carbocycles. The molecule has 7 heteroatoms. The average molecular weight is 307 g/mol. The molecule has 0 bridgehead atoms. The molecule has 22 heavy (non-hydrogen) atoms. The number of nitrogens with two attached hydrogens (primary N) is 1. The Morgan fingerprint density at radius 2 is 2.09 bits per heavy atom. The standard InChI is InChI=1S/C15H21N3O4/c1-10(2)8-12(16)15(21)18-14(20)9-17-13(19)6-5-11-4-3-7-22-11/h3-7,10,12H,8-9,16H2,1-2H3,(H,17,19)(H,18,20,21)/t12-/m0/s1. The number of carbonyl (C=O) groups excluding carboxylic acids is 3. The smallest absolute Gasteiger partial charge is 0.245 e. The molecule has 7 nitrogen and oxygen atoms in total. The Kier molecular flexibility index (Phi) is 7.04. The van der Waals surface area contributed by atoms with Gasteiger partial charge in [-0.3, -0.25) is 19.7 Å². The lowest BCUT2D eigenvalue weighted by molar-refractivity contribution is -0.132. The number of hydrogen-bond donors (Lipinski definition) is 3. The van der Waals surface area contributed by atoms with Gasteiger partial charge in [0, 0.05) is 6.08 Å². The largest absolute Gasteiger partial charge is 0.465 e. The summed E-state index contributed by atoms with van der Waals surface area (Å²) in [4.78, 5) is 34.6. The molecule has 0 saturated carbocycles. The predicted octanol–water partition coefficient (Wildman–Crippen LogP) is 0.425. The quantitative estimate of drug-likeness (QED) is 0.632. The summed E-state index contributed by atoms with van der Waals surface area (Å²) < 4.78 is 5.02. The van der Waals surface area contributed by atoms with Crippen molar-refractivity contribution in [3.63, 3.8) is 0 Å². The fraction of sp³-hybridized carbons (Fsp3) is 0.400. The van der Waals surface area contributed by atoms with Crippen LogP contribution in [0.5, 0.6) is 0 Å². The van der Waals surface area contributed by atoms with Gasteiger partial charge < -0.3 is 15.5 Å². The van der Waals surface area contributed by atoms with Crippen LogP contribution >= 0.6 is 0 Å². The number of nitrogens with one attached hydrogen (secondary N) is 2. The highest BCUT2D eigenvalue weighted by Crippen LogP contribution is 2.02. The van der Waals surface area contributed by atoms with Gasteiger partial charge in [-0.25, -0.2) is 0 Å². The fourth-order valence-electron chi connectivity index (χ4n) is 1.66. The van der Waals surface area contributed by atoms with Gasteiger partial charge in [-0.2, -0.15) is 0 Å². The van der Waals surface area contributed by atoms with Crippen LogP contribution in [0.3, 0.4) is 0 Å². The van der Waals surface area contributed by atoms with E-state index < -0.39 is 23.8 Å². The Labute approximate surface area is 128 Å². The Hall–Kier alpha value is -2.41. The summed E-state index contributed by atoms with van der Waals surface area (Å²) >= 11 is 0. The highest BCUT2D eigenvalue weighted by atomic mass is 16.3. The van der Waals surface area contributed by atoms with Crippen LogP contribution < -0.4 is 16.4 Å². The fourth-order valence-corrected chi connectivity index (χ4v) is 1.66. The summed E-state index contributed by atoms with van der Waals surface area (Å²) in [7, 11) is 0. The van der Waals surface area contributed by atoms with Crippen molar-refractivity contribution in [3.8, 4) is 0 Å². The molecule has 120 valence electrons. The van der Waals surface area contributed by atoms with Crippen molar-refractivity contribution >= 4 is 23.8 Å². The molecule has 1 atom stereocenters. The topological polar surface area (TPSA) is 114 Å². The summed E-state index contributed by atoms with van der Waals surface area (Å²) in [6, 6.07) is 2.64. The normalized spacial score (nSPS) is 12.4. The molecule has 0 unspecified atom stereocenters. The van der Waals surface area contributed by atoms with Crippen molar-refractivity contribution in [2.75, 3.05) is 6.54 Å². The first-order chi connectivity index (χ1) is 10.4. The molecule has 0 aliphatic heterocycles. The van der Waals surface area contributed by atoms with Gasteiger partial charge in [0.1, 0.15) is 5.76 Å².